The molecule has 0 amide bonds. The lowest BCUT2D eigenvalue weighted by molar-refractivity contribution is -0.407. The average molecular weight is 729 g/mol. The van der Waals surface area contributed by atoms with Gasteiger partial charge in [-0.15, -0.1) is 0 Å². The van der Waals surface area contributed by atoms with Crippen molar-refractivity contribution < 1.29 is 57.3 Å². The summed E-state index contributed by atoms with van der Waals surface area (Å²) in [6, 6.07) is 25.0. The molecule has 0 unspecified atom stereocenters. The Hall–Kier alpha value is -3.75. The highest BCUT2D eigenvalue weighted by atomic mass is 16.8. The van der Waals surface area contributed by atoms with Crippen LogP contribution in [0, 0.1) is 23.7 Å². The van der Waals surface area contributed by atoms with Crippen LogP contribution in [-0.2, 0) is 44.5 Å². The van der Waals surface area contributed by atoms with Crippen LogP contribution in [0.25, 0.3) is 0 Å². The second-order valence-electron chi connectivity index (χ2n) is 15.7. The van der Waals surface area contributed by atoms with Gasteiger partial charge in [-0.05, 0) is 48.6 Å². The molecule has 7 aliphatic rings. The standard InChI is InChI=1S/C41H44O12/c1-22-17-30-40-28(18-39(53-40)21-48-36(25-11-15-27(45-3)16-12-25)51-37(39)41(30)34(22)50-38(43)52-41)32(46-19-23-7-5-4-6-8-23)31(42)33-29(40)20-47-35(49-33)24-9-13-26(44-2)14-10-24/h4-16,22,28-37,42H,17-21H2,1-3H3/t22-,28-,29+,30-,31+,32+,33+,34-,35+,36+,37+,39+,40-,41+/m0/s1. The Bertz CT molecular complexity index is 1840. The predicted octanol–water partition coefficient (Wildman–Crippen LogP) is 5.27. The third-order valence-corrected chi connectivity index (χ3v) is 13.1. The molecule has 2 aliphatic carbocycles. The molecule has 2 saturated carbocycles. The van der Waals surface area contributed by atoms with Crippen molar-refractivity contribution in [2.45, 2.75) is 86.3 Å². The van der Waals surface area contributed by atoms with Crippen LogP contribution in [0.3, 0.4) is 0 Å². The molecule has 3 aromatic carbocycles. The van der Waals surface area contributed by atoms with Crippen molar-refractivity contribution in [3.8, 4) is 11.5 Å². The molecule has 14 atom stereocenters. The van der Waals surface area contributed by atoms with Gasteiger partial charge in [0.15, 0.2) is 24.3 Å². The maximum atomic E-state index is 13.3. The van der Waals surface area contributed by atoms with Gasteiger partial charge in [0.2, 0.25) is 0 Å². The molecule has 280 valence electrons. The van der Waals surface area contributed by atoms with E-state index in [2.05, 4.69) is 6.92 Å². The maximum absolute atomic E-state index is 13.3. The quantitative estimate of drug-likeness (QED) is 0.319. The van der Waals surface area contributed by atoms with E-state index >= 15 is 0 Å². The van der Waals surface area contributed by atoms with Crippen LogP contribution in [0.4, 0.5) is 4.79 Å². The van der Waals surface area contributed by atoms with E-state index in [1.165, 1.54) is 0 Å². The van der Waals surface area contributed by atoms with E-state index in [0.29, 0.717) is 24.3 Å². The molecule has 2 bridgehead atoms. The highest BCUT2D eigenvalue weighted by Gasteiger charge is 2.87. The van der Waals surface area contributed by atoms with Crippen LogP contribution in [0.1, 0.15) is 49.0 Å². The summed E-state index contributed by atoms with van der Waals surface area (Å²) in [5, 5.41) is 12.4. The number of hydrogen-bond acceptors (Lipinski definition) is 12. The third kappa shape index (κ3) is 4.83. The first-order valence-corrected chi connectivity index (χ1v) is 18.5. The molecule has 3 spiro atoms. The van der Waals surface area contributed by atoms with Gasteiger partial charge in [0.1, 0.15) is 29.3 Å². The molecule has 12 nitrogen and oxygen atoms in total. The molecule has 3 aromatic rings. The summed E-state index contributed by atoms with van der Waals surface area (Å²) >= 11 is 0. The SMILES string of the molecule is COc1ccc([C@@H]2OC[C@@H]3[C@@H](O2)[C@H](O)[C@H](OCc2ccccc2)[C@@H]2C[C@@]45CO[C@@H](c6ccc(OC)cc6)O[C@H]4[C@]46OC(=O)O[C@H]4[C@@H](C)C[C@H]6[C@@]32O5)cc1. The summed E-state index contributed by atoms with van der Waals surface area (Å²) < 4.78 is 64.6. The Morgan fingerprint density at radius 1 is 0.830 bits per heavy atom. The summed E-state index contributed by atoms with van der Waals surface area (Å²) in [4.78, 5) is 13.3. The largest absolute Gasteiger partial charge is 0.509 e. The number of ether oxygens (including phenoxy) is 10. The molecule has 12 heteroatoms. The summed E-state index contributed by atoms with van der Waals surface area (Å²) in [6.07, 6.45) is -4.91. The predicted molar refractivity (Wildman–Crippen MR) is 184 cm³/mol. The molecule has 5 saturated heterocycles. The zero-order valence-corrected chi connectivity index (χ0v) is 29.8. The van der Waals surface area contributed by atoms with E-state index < -0.39 is 77.9 Å². The second-order valence-corrected chi connectivity index (χ2v) is 15.7. The first-order chi connectivity index (χ1) is 25.8. The fraction of sp³-hybridized carbons (Fsp3) is 0.537. The Morgan fingerprint density at radius 3 is 2.19 bits per heavy atom. The fourth-order valence-corrected chi connectivity index (χ4v) is 11.1. The second kappa shape index (κ2) is 12.4. The first-order valence-electron chi connectivity index (χ1n) is 18.5. The van der Waals surface area contributed by atoms with E-state index in [0.717, 1.165) is 16.7 Å². The molecular formula is C41H44O12. The zero-order chi connectivity index (χ0) is 36.1. The number of aliphatic hydroxyl groups is 1. The van der Waals surface area contributed by atoms with Gasteiger partial charge < -0.3 is 52.5 Å². The molecular weight excluding hydrogens is 684 g/mol. The van der Waals surface area contributed by atoms with Crippen LogP contribution in [-0.4, -0.2) is 86.0 Å². The van der Waals surface area contributed by atoms with Gasteiger partial charge in [-0.2, -0.15) is 0 Å². The minimum Gasteiger partial charge on any atom is -0.497 e. The molecule has 7 fully saturated rings. The van der Waals surface area contributed by atoms with Crippen LogP contribution < -0.4 is 9.47 Å². The van der Waals surface area contributed by atoms with Crippen molar-refractivity contribution in [2.24, 2.45) is 23.7 Å². The van der Waals surface area contributed by atoms with Gasteiger partial charge >= 0.3 is 6.16 Å². The number of benzene rings is 3. The average Bonchev–Trinajstić information content (AvgIpc) is 3.80. The van der Waals surface area contributed by atoms with Crippen molar-refractivity contribution >= 4 is 6.16 Å². The summed E-state index contributed by atoms with van der Waals surface area (Å²) in [6.45, 7) is 2.76. The van der Waals surface area contributed by atoms with Gasteiger partial charge in [0, 0.05) is 28.9 Å². The smallest absolute Gasteiger partial charge is 0.497 e. The van der Waals surface area contributed by atoms with Crippen molar-refractivity contribution in [1.82, 2.24) is 0 Å². The number of rotatable bonds is 7. The summed E-state index contributed by atoms with van der Waals surface area (Å²) in [5.41, 5.74) is -0.682. The van der Waals surface area contributed by atoms with E-state index in [-0.39, 0.29) is 31.7 Å². The van der Waals surface area contributed by atoms with Gasteiger partial charge in [-0.3, -0.25) is 0 Å². The Labute approximate surface area is 307 Å². The highest BCUT2D eigenvalue weighted by Crippen LogP contribution is 2.73. The van der Waals surface area contributed by atoms with E-state index in [9.17, 15) is 9.90 Å². The Kier molecular flexibility index (Phi) is 7.90. The molecule has 0 radical (unpaired) electrons. The monoisotopic (exact) mass is 728 g/mol. The van der Waals surface area contributed by atoms with Gasteiger partial charge in [-0.1, -0.05) is 61.5 Å². The molecule has 5 heterocycles. The molecule has 53 heavy (non-hydrogen) atoms. The molecule has 0 aromatic heterocycles. The minimum atomic E-state index is -1.19. The van der Waals surface area contributed by atoms with Crippen LogP contribution in [0.5, 0.6) is 11.5 Å². The molecule has 1 N–H and O–H groups in total. The fourth-order valence-electron chi connectivity index (χ4n) is 11.1. The number of aliphatic hydroxyl groups excluding tert-OH is 1. The maximum Gasteiger partial charge on any atom is 0.509 e. The summed E-state index contributed by atoms with van der Waals surface area (Å²) in [5.74, 6) is 0.168. The zero-order valence-electron chi connectivity index (χ0n) is 29.8. The first kappa shape index (κ1) is 33.8. The van der Waals surface area contributed by atoms with Gasteiger partial charge in [-0.25, -0.2) is 4.79 Å². The molecule has 10 rings (SSSR count). The number of fused-ring (bicyclic) bond motifs is 1. The number of methoxy groups -OCH3 is 2. The van der Waals surface area contributed by atoms with E-state index in [1.54, 1.807) is 14.2 Å². The van der Waals surface area contributed by atoms with Gasteiger partial charge in [0.05, 0.1) is 51.8 Å². The van der Waals surface area contributed by atoms with Crippen LogP contribution in [0.2, 0.25) is 0 Å². The lowest BCUT2D eigenvalue weighted by Gasteiger charge is -2.63. The van der Waals surface area contributed by atoms with Crippen LogP contribution >= 0.6 is 0 Å². The normalized spacial score (nSPS) is 43.3. The topological polar surface area (TPSA) is 130 Å². The number of carbonyl (C=O) groups excluding carboxylic acids is 1. The third-order valence-electron chi connectivity index (χ3n) is 13.1. The summed E-state index contributed by atoms with van der Waals surface area (Å²) in [7, 11) is 3.24. The van der Waals surface area contributed by atoms with Gasteiger partial charge in [0.25, 0.3) is 0 Å². The van der Waals surface area contributed by atoms with Crippen molar-refractivity contribution in [3.05, 3.63) is 95.6 Å². The lowest BCUT2D eigenvalue weighted by atomic mass is 9.56. The Morgan fingerprint density at radius 2 is 1.51 bits per heavy atom. The lowest BCUT2D eigenvalue weighted by Crippen LogP contribution is -2.78. The number of hydrogen-bond donors (Lipinski definition) is 1. The van der Waals surface area contributed by atoms with E-state index in [1.807, 2.05) is 78.9 Å². The number of carbonyl (C=O) groups is 1. The van der Waals surface area contributed by atoms with Crippen molar-refractivity contribution in [3.63, 3.8) is 0 Å². The molecule has 5 aliphatic heterocycles. The van der Waals surface area contributed by atoms with Crippen molar-refractivity contribution in [1.29, 1.82) is 0 Å². The van der Waals surface area contributed by atoms with Crippen molar-refractivity contribution in [2.75, 3.05) is 27.4 Å². The Balaban J connectivity index is 1.08. The highest BCUT2D eigenvalue weighted by molar-refractivity contribution is 5.65. The van der Waals surface area contributed by atoms with E-state index in [4.69, 9.17) is 47.4 Å². The van der Waals surface area contributed by atoms with Crippen LogP contribution in [0.15, 0.2) is 78.9 Å². The minimum absolute atomic E-state index is 0.0705.